The highest BCUT2D eigenvalue weighted by molar-refractivity contribution is 5.81. The van der Waals surface area contributed by atoms with Gasteiger partial charge in [0.1, 0.15) is 5.75 Å². The number of carbonyl (C=O) groups excluding carboxylic acids is 1. The van der Waals surface area contributed by atoms with E-state index in [4.69, 9.17) is 4.74 Å². The van der Waals surface area contributed by atoms with E-state index in [1.54, 1.807) is 11.9 Å². The SMILES string of the molecule is CNC(C)C(=O)N(C)CCCOc1ccccc1. The molecule has 1 aromatic carbocycles. The lowest BCUT2D eigenvalue weighted by Crippen LogP contribution is -2.42. The van der Waals surface area contributed by atoms with Crippen molar-refractivity contribution in [2.75, 3.05) is 27.2 Å². The van der Waals surface area contributed by atoms with Gasteiger partial charge < -0.3 is 15.0 Å². The number of amides is 1. The molecule has 4 heteroatoms. The number of benzene rings is 1. The third-order valence-electron chi connectivity index (χ3n) is 2.83. The van der Waals surface area contributed by atoms with Crippen molar-refractivity contribution in [1.29, 1.82) is 0 Å². The summed E-state index contributed by atoms with van der Waals surface area (Å²) >= 11 is 0. The van der Waals surface area contributed by atoms with Crippen molar-refractivity contribution in [2.45, 2.75) is 19.4 Å². The van der Waals surface area contributed by atoms with Crippen LogP contribution in [0.1, 0.15) is 13.3 Å². The second-order valence-corrected chi connectivity index (χ2v) is 4.29. The van der Waals surface area contributed by atoms with E-state index in [0.717, 1.165) is 12.2 Å². The average molecular weight is 250 g/mol. The van der Waals surface area contributed by atoms with Gasteiger partial charge in [-0.05, 0) is 32.5 Å². The number of ether oxygens (including phenoxy) is 1. The molecule has 1 aromatic rings. The monoisotopic (exact) mass is 250 g/mol. The first-order chi connectivity index (χ1) is 8.65. The van der Waals surface area contributed by atoms with Crippen LogP contribution in [0.2, 0.25) is 0 Å². The van der Waals surface area contributed by atoms with E-state index in [2.05, 4.69) is 5.32 Å². The number of carbonyl (C=O) groups is 1. The molecule has 18 heavy (non-hydrogen) atoms. The summed E-state index contributed by atoms with van der Waals surface area (Å²) in [5.74, 6) is 0.979. The minimum Gasteiger partial charge on any atom is -0.494 e. The first-order valence-electron chi connectivity index (χ1n) is 6.25. The van der Waals surface area contributed by atoms with Crippen molar-refractivity contribution >= 4 is 5.91 Å². The van der Waals surface area contributed by atoms with Gasteiger partial charge in [-0.25, -0.2) is 0 Å². The van der Waals surface area contributed by atoms with Gasteiger partial charge in [-0.3, -0.25) is 4.79 Å². The van der Waals surface area contributed by atoms with Crippen molar-refractivity contribution < 1.29 is 9.53 Å². The molecule has 1 atom stereocenters. The van der Waals surface area contributed by atoms with Gasteiger partial charge in [0.05, 0.1) is 12.6 Å². The van der Waals surface area contributed by atoms with Gasteiger partial charge in [0.15, 0.2) is 0 Å². The molecule has 1 unspecified atom stereocenters. The first-order valence-corrected chi connectivity index (χ1v) is 6.25. The maximum Gasteiger partial charge on any atom is 0.239 e. The number of nitrogens with one attached hydrogen (secondary N) is 1. The normalized spacial score (nSPS) is 11.9. The quantitative estimate of drug-likeness (QED) is 0.746. The third-order valence-corrected chi connectivity index (χ3v) is 2.83. The second-order valence-electron chi connectivity index (χ2n) is 4.29. The minimum absolute atomic E-state index is 0.109. The molecule has 0 aliphatic rings. The molecular weight excluding hydrogens is 228 g/mol. The molecule has 0 heterocycles. The Morgan fingerprint density at radius 3 is 2.67 bits per heavy atom. The van der Waals surface area contributed by atoms with E-state index in [1.165, 1.54) is 0 Å². The van der Waals surface area contributed by atoms with Gasteiger partial charge in [-0.1, -0.05) is 18.2 Å². The summed E-state index contributed by atoms with van der Waals surface area (Å²) in [5.41, 5.74) is 0. The molecule has 0 saturated heterocycles. The van der Waals surface area contributed by atoms with Crippen molar-refractivity contribution in [3.63, 3.8) is 0 Å². The summed E-state index contributed by atoms with van der Waals surface area (Å²) < 4.78 is 5.57. The maximum absolute atomic E-state index is 11.8. The Morgan fingerprint density at radius 1 is 1.39 bits per heavy atom. The zero-order valence-electron chi connectivity index (χ0n) is 11.3. The molecule has 0 aromatic heterocycles. The maximum atomic E-state index is 11.8. The summed E-state index contributed by atoms with van der Waals surface area (Å²) in [6.07, 6.45) is 0.827. The van der Waals surface area contributed by atoms with Crippen LogP contribution in [0.4, 0.5) is 0 Å². The Balaban J connectivity index is 2.20. The van der Waals surface area contributed by atoms with Crippen molar-refractivity contribution in [3.05, 3.63) is 30.3 Å². The topological polar surface area (TPSA) is 41.6 Å². The Morgan fingerprint density at radius 2 is 2.06 bits per heavy atom. The first kappa shape index (κ1) is 14.5. The number of rotatable bonds is 7. The molecule has 4 nitrogen and oxygen atoms in total. The largest absolute Gasteiger partial charge is 0.494 e. The number of para-hydroxylation sites is 1. The number of nitrogens with zero attached hydrogens (tertiary/aromatic N) is 1. The van der Waals surface area contributed by atoms with E-state index < -0.39 is 0 Å². The highest BCUT2D eigenvalue weighted by Gasteiger charge is 2.14. The zero-order valence-corrected chi connectivity index (χ0v) is 11.3. The van der Waals surface area contributed by atoms with Gasteiger partial charge >= 0.3 is 0 Å². The third kappa shape index (κ3) is 4.75. The number of hydrogen-bond acceptors (Lipinski definition) is 3. The van der Waals surface area contributed by atoms with Crippen LogP contribution in [0.15, 0.2) is 30.3 Å². The average Bonchev–Trinajstić information content (AvgIpc) is 2.42. The van der Waals surface area contributed by atoms with E-state index in [-0.39, 0.29) is 11.9 Å². The van der Waals surface area contributed by atoms with E-state index in [9.17, 15) is 4.79 Å². The van der Waals surface area contributed by atoms with E-state index in [1.807, 2.05) is 44.3 Å². The zero-order chi connectivity index (χ0) is 13.4. The fourth-order valence-electron chi connectivity index (χ4n) is 1.57. The molecule has 0 aliphatic carbocycles. The van der Waals surface area contributed by atoms with Crippen LogP contribution >= 0.6 is 0 Å². The molecule has 0 aliphatic heterocycles. The van der Waals surface area contributed by atoms with Crippen LogP contribution in [0.3, 0.4) is 0 Å². The van der Waals surface area contributed by atoms with Crippen molar-refractivity contribution in [2.24, 2.45) is 0 Å². The van der Waals surface area contributed by atoms with Crippen LogP contribution in [0.25, 0.3) is 0 Å². The smallest absolute Gasteiger partial charge is 0.239 e. The van der Waals surface area contributed by atoms with E-state index in [0.29, 0.717) is 13.2 Å². The molecule has 0 fully saturated rings. The second kappa shape index (κ2) is 7.71. The molecule has 1 amide bonds. The Bertz CT molecular complexity index is 354. The lowest BCUT2D eigenvalue weighted by atomic mass is 10.3. The number of likely N-dealkylation sites (N-methyl/N-ethyl adjacent to an activating group) is 2. The van der Waals surface area contributed by atoms with Gasteiger partial charge in [0.25, 0.3) is 0 Å². The molecule has 100 valence electrons. The van der Waals surface area contributed by atoms with Crippen molar-refractivity contribution in [1.82, 2.24) is 10.2 Å². The lowest BCUT2D eigenvalue weighted by Gasteiger charge is -2.21. The van der Waals surface area contributed by atoms with Crippen LogP contribution in [-0.2, 0) is 4.79 Å². The fourth-order valence-corrected chi connectivity index (χ4v) is 1.57. The molecule has 1 rings (SSSR count). The lowest BCUT2D eigenvalue weighted by molar-refractivity contribution is -0.131. The van der Waals surface area contributed by atoms with Crippen LogP contribution in [0.5, 0.6) is 5.75 Å². The molecule has 0 saturated carbocycles. The van der Waals surface area contributed by atoms with Gasteiger partial charge in [-0.15, -0.1) is 0 Å². The molecular formula is C14H22N2O2. The fraction of sp³-hybridized carbons (Fsp3) is 0.500. The van der Waals surface area contributed by atoms with Crippen LogP contribution in [0, 0.1) is 0 Å². The number of hydrogen-bond donors (Lipinski definition) is 1. The van der Waals surface area contributed by atoms with Gasteiger partial charge in [0, 0.05) is 13.6 Å². The predicted molar refractivity (Wildman–Crippen MR) is 72.7 cm³/mol. The Kier molecular flexibility index (Phi) is 6.22. The molecule has 0 spiro atoms. The van der Waals surface area contributed by atoms with Gasteiger partial charge in [-0.2, -0.15) is 0 Å². The van der Waals surface area contributed by atoms with E-state index >= 15 is 0 Å². The van der Waals surface area contributed by atoms with Crippen molar-refractivity contribution in [3.8, 4) is 5.75 Å². The summed E-state index contributed by atoms with van der Waals surface area (Å²) in [6.45, 7) is 3.19. The Labute approximate surface area is 109 Å². The van der Waals surface area contributed by atoms with Crippen LogP contribution in [-0.4, -0.2) is 44.1 Å². The van der Waals surface area contributed by atoms with Gasteiger partial charge in [0.2, 0.25) is 5.91 Å². The summed E-state index contributed by atoms with van der Waals surface area (Å²) in [4.78, 5) is 13.5. The predicted octanol–water partition coefficient (Wildman–Crippen LogP) is 1.52. The summed E-state index contributed by atoms with van der Waals surface area (Å²) in [6, 6.07) is 9.57. The minimum atomic E-state index is -0.134. The summed E-state index contributed by atoms with van der Waals surface area (Å²) in [7, 11) is 3.60. The van der Waals surface area contributed by atoms with Crippen LogP contribution < -0.4 is 10.1 Å². The molecule has 1 N–H and O–H groups in total. The highest BCUT2D eigenvalue weighted by Crippen LogP contribution is 2.08. The Hall–Kier alpha value is -1.55. The standard InChI is InChI=1S/C14H22N2O2/c1-12(15-2)14(17)16(3)10-7-11-18-13-8-5-4-6-9-13/h4-6,8-9,12,15H,7,10-11H2,1-3H3. The summed E-state index contributed by atoms with van der Waals surface area (Å²) in [5, 5.41) is 2.94. The highest BCUT2D eigenvalue weighted by atomic mass is 16.5. The molecule has 0 bridgehead atoms. The molecule has 0 radical (unpaired) electrons.